The number of hydrogen-bond donors (Lipinski definition) is 0. The molecular formula is C57H77B2NO4. The minimum absolute atomic E-state index is 0.168. The summed E-state index contributed by atoms with van der Waals surface area (Å²) in [6.45, 7) is 24.2. The molecule has 64 heavy (non-hydrogen) atoms. The zero-order chi connectivity index (χ0) is 45.3. The highest BCUT2D eigenvalue weighted by Gasteiger charge is 2.62. The van der Waals surface area contributed by atoms with Crippen molar-refractivity contribution in [2.45, 2.75) is 212 Å². The molecule has 2 heterocycles. The Balaban J connectivity index is 1.22. The maximum absolute atomic E-state index is 6.77. The van der Waals surface area contributed by atoms with Gasteiger partial charge in [-0.15, -0.1) is 0 Å². The van der Waals surface area contributed by atoms with Gasteiger partial charge in [0.25, 0.3) is 0 Å². The Bertz CT molecular complexity index is 2230. The minimum Gasteiger partial charge on any atom is -0.399 e. The smallest absolute Gasteiger partial charge is 0.399 e. The van der Waals surface area contributed by atoms with E-state index in [9.17, 15) is 0 Å². The van der Waals surface area contributed by atoms with E-state index in [1.165, 1.54) is 122 Å². The molecule has 0 amide bonds. The van der Waals surface area contributed by atoms with Crippen molar-refractivity contribution in [2.75, 3.05) is 4.90 Å². The van der Waals surface area contributed by atoms with Crippen LogP contribution in [-0.4, -0.2) is 36.6 Å². The van der Waals surface area contributed by atoms with Crippen molar-refractivity contribution in [1.82, 2.24) is 0 Å². The molecule has 0 aromatic heterocycles. The predicted octanol–water partition coefficient (Wildman–Crippen LogP) is 13.8. The van der Waals surface area contributed by atoms with Crippen LogP contribution in [0.2, 0.25) is 0 Å². The Hall–Kier alpha value is -3.35. The molecular weight excluding hydrogens is 784 g/mol. The van der Waals surface area contributed by atoms with Crippen LogP contribution in [-0.2, 0) is 42.3 Å². The van der Waals surface area contributed by atoms with Crippen LogP contribution in [0, 0.1) is 6.92 Å². The summed E-state index contributed by atoms with van der Waals surface area (Å²) in [5.41, 5.74) is 14.8. The van der Waals surface area contributed by atoms with E-state index in [2.05, 4.69) is 154 Å². The van der Waals surface area contributed by atoms with Crippen LogP contribution in [0.5, 0.6) is 0 Å². The second-order valence-electron chi connectivity index (χ2n) is 22.5. The summed E-state index contributed by atoms with van der Waals surface area (Å²) >= 11 is 0. The lowest BCUT2D eigenvalue weighted by Crippen LogP contribution is -2.43. The molecule has 0 bridgehead atoms. The molecule has 5 aliphatic rings. The van der Waals surface area contributed by atoms with Gasteiger partial charge in [-0.05, 0) is 194 Å². The summed E-state index contributed by atoms with van der Waals surface area (Å²) in [6.07, 6.45) is 19.3. The third kappa shape index (κ3) is 7.65. The largest absolute Gasteiger partial charge is 0.495 e. The molecule has 4 aromatic rings. The Morgan fingerprint density at radius 1 is 0.469 bits per heavy atom. The SMILES string of the molecule is CCCCCCc1cc(N(c2ccc(B3OC(C)(C)C(C)(C)O3)c(CCCCCC)c2)c2ccc3c(c2)C24CCCC2(CCC4)c2cc(C)ccc2-3)ccc1B1OC(C)(C)C(C)(C)O1. The number of anilines is 3. The normalized spacial score (nSPS) is 24.4. The molecule has 2 aliphatic heterocycles. The molecule has 0 atom stereocenters. The second-order valence-corrected chi connectivity index (χ2v) is 22.5. The average molecular weight is 862 g/mol. The van der Waals surface area contributed by atoms with Crippen LogP contribution in [0.25, 0.3) is 11.1 Å². The Morgan fingerprint density at radius 2 is 0.859 bits per heavy atom. The Morgan fingerprint density at radius 3 is 1.30 bits per heavy atom. The highest BCUT2D eigenvalue weighted by atomic mass is 16.7. The average Bonchev–Trinajstić information content (AvgIpc) is 3.94. The van der Waals surface area contributed by atoms with Crippen LogP contribution in [0.3, 0.4) is 0 Å². The Labute approximate surface area is 388 Å². The minimum atomic E-state index is -0.413. The van der Waals surface area contributed by atoms with E-state index >= 15 is 0 Å². The van der Waals surface area contributed by atoms with Crippen molar-refractivity contribution < 1.29 is 18.6 Å². The number of rotatable bonds is 15. The lowest BCUT2D eigenvalue weighted by Gasteiger charge is -2.48. The van der Waals surface area contributed by atoms with Gasteiger partial charge in [0.1, 0.15) is 0 Å². The van der Waals surface area contributed by atoms with Crippen molar-refractivity contribution in [1.29, 1.82) is 0 Å². The summed E-state index contributed by atoms with van der Waals surface area (Å²) in [5.74, 6) is 0. The summed E-state index contributed by atoms with van der Waals surface area (Å²) in [6, 6.07) is 29.1. The first-order valence-corrected chi connectivity index (χ1v) is 25.5. The fourth-order valence-corrected chi connectivity index (χ4v) is 12.5. The molecule has 4 fully saturated rings. The van der Waals surface area contributed by atoms with Gasteiger partial charge in [-0.2, -0.15) is 0 Å². The first kappa shape index (κ1) is 45.8. The molecule has 5 nitrogen and oxygen atoms in total. The quantitative estimate of drug-likeness (QED) is 0.0880. The van der Waals surface area contributed by atoms with E-state index in [-0.39, 0.29) is 10.8 Å². The maximum atomic E-state index is 6.77. The van der Waals surface area contributed by atoms with E-state index in [0.717, 1.165) is 36.6 Å². The molecule has 0 spiro atoms. The van der Waals surface area contributed by atoms with E-state index in [1.54, 1.807) is 11.1 Å². The highest BCUT2D eigenvalue weighted by Crippen LogP contribution is 2.69. The number of benzene rings is 4. The lowest BCUT2D eigenvalue weighted by atomic mass is 9.55. The van der Waals surface area contributed by atoms with Crippen LogP contribution in [0.15, 0.2) is 72.8 Å². The third-order valence-corrected chi connectivity index (χ3v) is 17.5. The monoisotopic (exact) mass is 862 g/mol. The molecule has 9 rings (SSSR count). The van der Waals surface area contributed by atoms with Crippen LogP contribution >= 0.6 is 0 Å². The molecule has 7 heteroatoms. The van der Waals surface area contributed by atoms with Crippen molar-refractivity contribution in [3.63, 3.8) is 0 Å². The lowest BCUT2D eigenvalue weighted by molar-refractivity contribution is 0.00578. The molecule has 0 N–H and O–H groups in total. The van der Waals surface area contributed by atoms with Crippen molar-refractivity contribution in [2.24, 2.45) is 0 Å². The molecule has 2 saturated heterocycles. The van der Waals surface area contributed by atoms with E-state index in [4.69, 9.17) is 18.6 Å². The number of nitrogens with zero attached hydrogens (tertiary/aromatic N) is 1. The van der Waals surface area contributed by atoms with Crippen LogP contribution < -0.4 is 15.8 Å². The fraction of sp³-hybridized carbons (Fsp3) is 0.579. The van der Waals surface area contributed by atoms with Gasteiger partial charge in [0.05, 0.1) is 22.4 Å². The van der Waals surface area contributed by atoms with Crippen molar-refractivity contribution in [3.8, 4) is 11.1 Å². The number of hydrogen-bond acceptors (Lipinski definition) is 5. The molecule has 0 unspecified atom stereocenters. The van der Waals surface area contributed by atoms with Crippen LogP contribution in [0.4, 0.5) is 17.1 Å². The third-order valence-electron chi connectivity index (χ3n) is 17.5. The van der Waals surface area contributed by atoms with Gasteiger partial charge in [0.15, 0.2) is 0 Å². The number of unbranched alkanes of at least 4 members (excludes halogenated alkanes) is 6. The summed E-state index contributed by atoms with van der Waals surface area (Å²) < 4.78 is 27.1. The summed E-state index contributed by atoms with van der Waals surface area (Å²) in [5, 5.41) is 0. The predicted molar refractivity (Wildman–Crippen MR) is 269 cm³/mol. The zero-order valence-electron chi connectivity index (χ0n) is 41.5. The van der Waals surface area contributed by atoms with Gasteiger partial charge in [-0.25, -0.2) is 0 Å². The van der Waals surface area contributed by atoms with Gasteiger partial charge in [0, 0.05) is 27.9 Å². The van der Waals surface area contributed by atoms with Gasteiger partial charge in [-0.3, -0.25) is 0 Å². The van der Waals surface area contributed by atoms with Crippen molar-refractivity contribution in [3.05, 3.63) is 101 Å². The summed E-state index contributed by atoms with van der Waals surface area (Å²) in [7, 11) is -0.820. The van der Waals surface area contributed by atoms with Crippen molar-refractivity contribution >= 4 is 42.2 Å². The number of aryl methyl sites for hydroxylation is 3. The molecule has 0 radical (unpaired) electrons. The fourth-order valence-electron chi connectivity index (χ4n) is 12.5. The van der Waals surface area contributed by atoms with Gasteiger partial charge in [-0.1, -0.05) is 107 Å². The second kappa shape index (κ2) is 17.1. The molecule has 3 aliphatic carbocycles. The van der Waals surface area contributed by atoms with Gasteiger partial charge in [0.2, 0.25) is 0 Å². The van der Waals surface area contributed by atoms with E-state index in [1.807, 2.05) is 0 Å². The topological polar surface area (TPSA) is 40.2 Å². The Kier molecular flexibility index (Phi) is 12.2. The molecule has 2 saturated carbocycles. The zero-order valence-corrected chi connectivity index (χ0v) is 41.5. The molecule has 4 aromatic carbocycles. The first-order chi connectivity index (χ1) is 30.5. The first-order valence-electron chi connectivity index (χ1n) is 25.5. The van der Waals surface area contributed by atoms with Gasteiger partial charge < -0.3 is 23.5 Å². The van der Waals surface area contributed by atoms with Gasteiger partial charge >= 0.3 is 14.2 Å². The highest BCUT2D eigenvalue weighted by molar-refractivity contribution is 6.63. The molecule has 340 valence electrons. The summed E-state index contributed by atoms with van der Waals surface area (Å²) in [4.78, 5) is 2.57. The van der Waals surface area contributed by atoms with E-state index in [0.29, 0.717) is 0 Å². The maximum Gasteiger partial charge on any atom is 0.495 e. The standard InChI is InChI=1S/C57H77B2NO4/c1-12-14-16-18-22-41-37-43(26-30-50(41)58-61-52(4,5)53(6,7)62-58)60(44-27-31-51(42(38-44)23-19-17-15-13-2)59-63-54(8,9)55(10,11)64-59)45-25-29-47-46-28-24-40(3)36-48(46)56-32-20-34-57(56,35-21-33-56)49(47)39-45/h24-31,36-39H,12-23,32-35H2,1-11H3. The van der Waals surface area contributed by atoms with Crippen LogP contribution in [0.1, 0.15) is 187 Å². The van der Waals surface area contributed by atoms with E-state index < -0.39 is 36.6 Å². The number of fused-ring (bicyclic) bond motifs is 3.